The van der Waals surface area contributed by atoms with E-state index in [0.717, 1.165) is 22.0 Å². The van der Waals surface area contributed by atoms with E-state index in [0.29, 0.717) is 33.9 Å². The summed E-state index contributed by atoms with van der Waals surface area (Å²) in [6.45, 7) is 1.45. The fraction of sp³-hybridized carbons (Fsp3) is 0.156. The highest BCUT2D eigenvalue weighted by Gasteiger charge is 2.25. The molecule has 0 N–H and O–H groups in total. The summed E-state index contributed by atoms with van der Waals surface area (Å²) in [7, 11) is 1.48. The van der Waals surface area contributed by atoms with Crippen molar-refractivity contribution in [1.29, 1.82) is 0 Å². The first-order chi connectivity index (χ1) is 19.3. The Morgan fingerprint density at radius 3 is 2.52 bits per heavy atom. The van der Waals surface area contributed by atoms with Gasteiger partial charge >= 0.3 is 0 Å². The molecule has 0 aliphatic heterocycles. The van der Waals surface area contributed by atoms with Gasteiger partial charge in [-0.3, -0.25) is 14.4 Å². The van der Waals surface area contributed by atoms with E-state index in [1.807, 2.05) is 48.5 Å². The van der Waals surface area contributed by atoms with Gasteiger partial charge in [0.05, 0.1) is 24.9 Å². The predicted molar refractivity (Wildman–Crippen MR) is 155 cm³/mol. The fourth-order valence-electron chi connectivity index (χ4n) is 4.86. The van der Waals surface area contributed by atoms with Gasteiger partial charge in [-0.1, -0.05) is 48.0 Å². The zero-order valence-corrected chi connectivity index (χ0v) is 22.8. The molecule has 0 fully saturated rings. The maximum Gasteiger partial charge on any atom is 0.252 e. The standard InChI is InChI=1S/C32H26ClN3O4/c1-20(37)25-10-9-24(33)15-26(25)27-16-32(39)36(18-31(27)40-2)29(13-21-6-4-3-5-7-21)30(38)14-22-8-11-28-23(12-22)17-34-19-35-28/h3-12,15-19,29H,13-14H2,1-2H3. The number of methoxy groups -OCH3 is 1. The van der Waals surface area contributed by atoms with Crippen molar-refractivity contribution in [2.75, 3.05) is 7.11 Å². The number of ether oxygens (including phenoxy) is 1. The molecule has 0 radical (unpaired) electrons. The number of fused-ring (bicyclic) bond motifs is 1. The van der Waals surface area contributed by atoms with Crippen LogP contribution in [0.5, 0.6) is 5.75 Å². The molecule has 2 heterocycles. The molecular weight excluding hydrogens is 526 g/mol. The summed E-state index contributed by atoms with van der Waals surface area (Å²) in [5, 5.41) is 1.25. The topological polar surface area (TPSA) is 91.2 Å². The summed E-state index contributed by atoms with van der Waals surface area (Å²) in [6.07, 6.45) is 5.16. The minimum atomic E-state index is -0.799. The molecule has 1 unspecified atom stereocenters. The first-order valence-corrected chi connectivity index (χ1v) is 13.1. The molecule has 0 saturated carbocycles. The summed E-state index contributed by atoms with van der Waals surface area (Å²) < 4.78 is 7.09. The Bertz CT molecular complexity index is 1780. The molecule has 1 atom stereocenters. The van der Waals surface area contributed by atoms with Crippen LogP contribution in [0.3, 0.4) is 0 Å². The number of benzene rings is 3. The zero-order chi connectivity index (χ0) is 28.2. The lowest BCUT2D eigenvalue weighted by Crippen LogP contribution is -2.32. The molecule has 8 heteroatoms. The number of aromatic nitrogens is 3. The Balaban J connectivity index is 1.58. The first kappa shape index (κ1) is 27.0. The monoisotopic (exact) mass is 551 g/mol. The lowest BCUT2D eigenvalue weighted by Gasteiger charge is -2.22. The molecule has 200 valence electrons. The third-order valence-electron chi connectivity index (χ3n) is 6.84. The van der Waals surface area contributed by atoms with E-state index in [2.05, 4.69) is 9.97 Å². The smallest absolute Gasteiger partial charge is 0.252 e. The molecule has 5 rings (SSSR count). The molecule has 7 nitrogen and oxygen atoms in total. The summed E-state index contributed by atoms with van der Waals surface area (Å²) >= 11 is 6.25. The van der Waals surface area contributed by atoms with E-state index < -0.39 is 11.6 Å². The van der Waals surface area contributed by atoms with Gasteiger partial charge in [-0.2, -0.15) is 0 Å². The molecule has 0 aliphatic carbocycles. The molecule has 0 bridgehead atoms. The number of halogens is 1. The van der Waals surface area contributed by atoms with Crippen LogP contribution in [0, 0.1) is 0 Å². The number of nitrogens with zero attached hydrogens (tertiary/aromatic N) is 3. The van der Waals surface area contributed by atoms with Crippen LogP contribution in [0.2, 0.25) is 5.02 Å². The lowest BCUT2D eigenvalue weighted by atomic mass is 9.95. The average molecular weight is 552 g/mol. The first-order valence-electron chi connectivity index (χ1n) is 12.7. The van der Waals surface area contributed by atoms with Crippen molar-refractivity contribution in [3.63, 3.8) is 0 Å². The lowest BCUT2D eigenvalue weighted by molar-refractivity contribution is -0.121. The molecule has 3 aromatic carbocycles. The Labute approximate surface area is 236 Å². The van der Waals surface area contributed by atoms with E-state index >= 15 is 0 Å². The minimum Gasteiger partial charge on any atom is -0.495 e. The third kappa shape index (κ3) is 5.70. The maximum atomic E-state index is 13.9. The predicted octanol–water partition coefficient (Wildman–Crippen LogP) is 5.92. The van der Waals surface area contributed by atoms with Crippen molar-refractivity contribution in [3.05, 3.63) is 124 Å². The van der Waals surface area contributed by atoms with E-state index in [-0.39, 0.29) is 18.0 Å². The summed E-state index contributed by atoms with van der Waals surface area (Å²) in [5.74, 6) is 0.0398. The highest BCUT2D eigenvalue weighted by Crippen LogP contribution is 2.34. The Hall–Kier alpha value is -4.62. The highest BCUT2D eigenvalue weighted by atomic mass is 35.5. The third-order valence-corrected chi connectivity index (χ3v) is 7.08. The molecular formula is C32H26ClN3O4. The second-order valence-electron chi connectivity index (χ2n) is 9.51. The molecule has 5 aromatic rings. The summed E-state index contributed by atoms with van der Waals surface area (Å²) in [4.78, 5) is 48.1. The SMILES string of the molecule is COc1cn(C(Cc2ccccc2)C(=O)Cc2ccc3ncncc3c2)c(=O)cc1-c1cc(Cl)ccc1C(C)=O. The van der Waals surface area contributed by atoms with Gasteiger partial charge in [0.2, 0.25) is 0 Å². The molecule has 0 amide bonds. The molecule has 0 saturated heterocycles. The van der Waals surface area contributed by atoms with Gasteiger partial charge in [0, 0.05) is 46.6 Å². The zero-order valence-electron chi connectivity index (χ0n) is 22.0. The van der Waals surface area contributed by atoms with Crippen molar-refractivity contribution in [1.82, 2.24) is 14.5 Å². The Kier molecular flexibility index (Phi) is 7.84. The number of rotatable bonds is 9. The van der Waals surface area contributed by atoms with Crippen LogP contribution in [0.4, 0.5) is 0 Å². The van der Waals surface area contributed by atoms with Crippen LogP contribution in [0.25, 0.3) is 22.0 Å². The van der Waals surface area contributed by atoms with Crippen molar-refractivity contribution >= 4 is 34.1 Å². The molecule has 0 spiro atoms. The van der Waals surface area contributed by atoms with Gasteiger partial charge in [0.25, 0.3) is 5.56 Å². The number of hydrogen-bond donors (Lipinski definition) is 0. The van der Waals surface area contributed by atoms with E-state index in [9.17, 15) is 14.4 Å². The quantitative estimate of drug-likeness (QED) is 0.211. The maximum absolute atomic E-state index is 13.9. The van der Waals surface area contributed by atoms with Crippen LogP contribution in [0.15, 0.2) is 96.3 Å². The summed E-state index contributed by atoms with van der Waals surface area (Å²) in [6, 6.07) is 20.6. The fourth-order valence-corrected chi connectivity index (χ4v) is 5.03. The van der Waals surface area contributed by atoms with Crippen molar-refractivity contribution in [3.8, 4) is 16.9 Å². The van der Waals surface area contributed by atoms with Crippen molar-refractivity contribution < 1.29 is 14.3 Å². The molecule has 0 aliphatic rings. The van der Waals surface area contributed by atoms with Gasteiger partial charge < -0.3 is 9.30 Å². The van der Waals surface area contributed by atoms with Crippen LogP contribution in [-0.4, -0.2) is 33.2 Å². The number of carbonyl (C=O) groups excluding carboxylic acids is 2. The van der Waals surface area contributed by atoms with Crippen LogP contribution >= 0.6 is 11.6 Å². The average Bonchev–Trinajstić information content (AvgIpc) is 2.96. The largest absolute Gasteiger partial charge is 0.495 e. The van der Waals surface area contributed by atoms with Gasteiger partial charge in [0.1, 0.15) is 12.1 Å². The van der Waals surface area contributed by atoms with Crippen molar-refractivity contribution in [2.45, 2.75) is 25.8 Å². The normalized spacial score (nSPS) is 11.8. The number of Topliss-reactive ketones (excluding diaryl/α,β-unsaturated/α-hetero) is 2. The number of carbonyl (C=O) groups is 2. The molecule has 2 aromatic heterocycles. The second-order valence-corrected chi connectivity index (χ2v) is 9.95. The van der Waals surface area contributed by atoms with E-state index in [4.69, 9.17) is 16.3 Å². The number of hydrogen-bond acceptors (Lipinski definition) is 6. The van der Waals surface area contributed by atoms with Crippen molar-refractivity contribution in [2.24, 2.45) is 0 Å². The Morgan fingerprint density at radius 1 is 0.975 bits per heavy atom. The van der Waals surface area contributed by atoms with E-state index in [1.165, 1.54) is 31.0 Å². The van der Waals surface area contributed by atoms with Gasteiger partial charge in [-0.05, 0) is 53.9 Å². The highest BCUT2D eigenvalue weighted by molar-refractivity contribution is 6.31. The number of ketones is 2. The minimum absolute atomic E-state index is 0.113. The summed E-state index contributed by atoms with van der Waals surface area (Å²) in [5.41, 5.74) is 3.43. The Morgan fingerprint density at radius 2 is 1.77 bits per heavy atom. The van der Waals surface area contributed by atoms with E-state index in [1.54, 1.807) is 30.6 Å². The second kappa shape index (κ2) is 11.6. The van der Waals surface area contributed by atoms with Crippen LogP contribution < -0.4 is 10.3 Å². The van der Waals surface area contributed by atoms with Gasteiger partial charge in [0.15, 0.2) is 11.6 Å². The number of pyridine rings is 1. The molecule has 40 heavy (non-hydrogen) atoms. The van der Waals surface area contributed by atoms with Gasteiger partial charge in [-0.15, -0.1) is 0 Å². The van der Waals surface area contributed by atoms with Crippen LogP contribution in [-0.2, 0) is 17.6 Å². The van der Waals surface area contributed by atoms with Crippen LogP contribution in [0.1, 0.15) is 34.5 Å². The van der Waals surface area contributed by atoms with Gasteiger partial charge in [-0.25, -0.2) is 9.97 Å².